The van der Waals surface area contributed by atoms with Gasteiger partial charge < -0.3 is 16.0 Å². The van der Waals surface area contributed by atoms with Crippen LogP contribution in [0.15, 0.2) is 35.3 Å². The predicted molar refractivity (Wildman–Crippen MR) is 81.9 cm³/mol. The Balaban J connectivity index is 2.91. The minimum Gasteiger partial charge on any atom is -0.352 e. The molecule has 3 amide bonds. The molecule has 0 fully saturated rings. The van der Waals surface area contributed by atoms with E-state index in [0.29, 0.717) is 10.0 Å². The van der Waals surface area contributed by atoms with E-state index in [1.54, 1.807) is 12.1 Å². The Morgan fingerprint density at radius 2 is 2.24 bits per heavy atom. The van der Waals surface area contributed by atoms with Crippen molar-refractivity contribution in [2.75, 3.05) is 6.54 Å². The van der Waals surface area contributed by atoms with E-state index < -0.39 is 17.9 Å². The maximum atomic E-state index is 13.8. The molecule has 114 valence electrons. The lowest BCUT2D eigenvalue weighted by Gasteiger charge is -2.25. The highest BCUT2D eigenvalue weighted by atomic mass is 79.9. The quantitative estimate of drug-likeness (QED) is 0.765. The fourth-order valence-corrected chi connectivity index (χ4v) is 2.22. The van der Waals surface area contributed by atoms with Crippen molar-refractivity contribution >= 4 is 27.9 Å². The molecule has 7 heteroatoms. The Morgan fingerprint density at radius 3 is 2.81 bits per heavy atom. The van der Waals surface area contributed by atoms with Crippen LogP contribution in [0.5, 0.6) is 0 Å². The van der Waals surface area contributed by atoms with E-state index in [0.717, 1.165) is 0 Å². The number of benzene rings is 1. The van der Waals surface area contributed by atoms with E-state index in [2.05, 4.69) is 27.8 Å². The zero-order valence-corrected chi connectivity index (χ0v) is 13.2. The summed E-state index contributed by atoms with van der Waals surface area (Å²) >= 11 is 3.26. The molecular formula is C14H17BrFN3O2. The van der Waals surface area contributed by atoms with Gasteiger partial charge in [-0.15, -0.1) is 6.58 Å². The first-order valence-corrected chi connectivity index (χ1v) is 7.04. The van der Waals surface area contributed by atoms with Crippen molar-refractivity contribution in [2.45, 2.75) is 19.5 Å². The molecule has 0 aliphatic carbocycles. The third-order valence-corrected chi connectivity index (χ3v) is 3.25. The molecule has 0 aliphatic heterocycles. The molecule has 0 saturated carbocycles. The minimum absolute atomic E-state index is 0.0703. The van der Waals surface area contributed by atoms with Gasteiger partial charge in [0.2, 0.25) is 5.91 Å². The van der Waals surface area contributed by atoms with Crippen LogP contribution >= 0.6 is 15.9 Å². The number of carbonyl (C=O) groups is 2. The van der Waals surface area contributed by atoms with Gasteiger partial charge in [-0.25, -0.2) is 9.18 Å². The van der Waals surface area contributed by atoms with Crippen molar-refractivity contribution < 1.29 is 14.0 Å². The van der Waals surface area contributed by atoms with Gasteiger partial charge in [0, 0.05) is 23.1 Å². The van der Waals surface area contributed by atoms with Crippen molar-refractivity contribution in [2.24, 2.45) is 5.73 Å². The molecule has 0 heterocycles. The number of primary amides is 1. The fourth-order valence-electron chi connectivity index (χ4n) is 1.81. The lowest BCUT2D eigenvalue weighted by atomic mass is 10.1. The molecule has 0 aromatic heterocycles. The summed E-state index contributed by atoms with van der Waals surface area (Å²) in [5, 5.41) is 2.30. The standard InChI is InChI=1S/C14H17BrFN3O2/c1-3-6-19(13(20)9(2)18-14(17)21)8-10-7-11(15)4-5-12(10)16/h3-5,7,9H,1,6,8H2,2H3,(H3,17,18,21)/t9-/m0/s1. The van der Waals surface area contributed by atoms with Crippen LogP contribution in [0.1, 0.15) is 12.5 Å². The first-order valence-electron chi connectivity index (χ1n) is 6.24. The number of nitrogens with two attached hydrogens (primary N) is 1. The maximum absolute atomic E-state index is 13.8. The first kappa shape index (κ1) is 17.2. The largest absolute Gasteiger partial charge is 0.352 e. The van der Waals surface area contributed by atoms with Crippen LogP contribution in [0.3, 0.4) is 0 Å². The van der Waals surface area contributed by atoms with E-state index in [-0.39, 0.29) is 19.0 Å². The van der Waals surface area contributed by atoms with E-state index in [1.165, 1.54) is 24.0 Å². The summed E-state index contributed by atoms with van der Waals surface area (Å²) in [7, 11) is 0. The third-order valence-electron chi connectivity index (χ3n) is 2.76. The molecule has 1 rings (SSSR count). The minimum atomic E-state index is -0.794. The van der Waals surface area contributed by atoms with Gasteiger partial charge in [-0.2, -0.15) is 0 Å². The Labute approximate surface area is 131 Å². The first-order chi connectivity index (χ1) is 9.85. The summed E-state index contributed by atoms with van der Waals surface area (Å²) < 4.78 is 14.5. The smallest absolute Gasteiger partial charge is 0.312 e. The van der Waals surface area contributed by atoms with Crippen LogP contribution < -0.4 is 11.1 Å². The summed E-state index contributed by atoms with van der Waals surface area (Å²) in [4.78, 5) is 24.4. The number of carbonyl (C=O) groups excluding carboxylic acids is 2. The summed E-state index contributed by atoms with van der Waals surface area (Å²) in [5.74, 6) is -0.774. The molecule has 0 spiro atoms. The second-order valence-corrected chi connectivity index (χ2v) is 5.39. The zero-order chi connectivity index (χ0) is 16.0. The van der Waals surface area contributed by atoms with E-state index in [4.69, 9.17) is 5.73 Å². The van der Waals surface area contributed by atoms with Crippen molar-refractivity contribution in [3.8, 4) is 0 Å². The Kier molecular flexibility index (Phi) is 6.36. The van der Waals surface area contributed by atoms with Gasteiger partial charge in [-0.1, -0.05) is 22.0 Å². The number of hydrogen-bond donors (Lipinski definition) is 2. The monoisotopic (exact) mass is 357 g/mol. The maximum Gasteiger partial charge on any atom is 0.312 e. The van der Waals surface area contributed by atoms with Crippen LogP contribution in [0.4, 0.5) is 9.18 Å². The molecular weight excluding hydrogens is 341 g/mol. The van der Waals surface area contributed by atoms with Gasteiger partial charge in [0.15, 0.2) is 0 Å². The highest BCUT2D eigenvalue weighted by Gasteiger charge is 2.21. The van der Waals surface area contributed by atoms with Crippen LogP contribution in [-0.4, -0.2) is 29.4 Å². The molecule has 0 radical (unpaired) electrons. The number of hydrogen-bond acceptors (Lipinski definition) is 2. The molecule has 0 aliphatic rings. The normalized spacial score (nSPS) is 11.6. The molecule has 1 aromatic carbocycles. The van der Waals surface area contributed by atoms with Gasteiger partial charge in [-0.3, -0.25) is 4.79 Å². The SMILES string of the molecule is C=CCN(Cc1cc(Br)ccc1F)C(=O)[C@H](C)NC(N)=O. The Bertz CT molecular complexity index is 551. The average Bonchev–Trinajstić information content (AvgIpc) is 2.40. The van der Waals surface area contributed by atoms with Crippen molar-refractivity contribution in [1.29, 1.82) is 0 Å². The lowest BCUT2D eigenvalue weighted by Crippen LogP contribution is -2.48. The van der Waals surface area contributed by atoms with Crippen LogP contribution in [0, 0.1) is 5.82 Å². The van der Waals surface area contributed by atoms with Crippen LogP contribution in [-0.2, 0) is 11.3 Å². The summed E-state index contributed by atoms with van der Waals surface area (Å²) in [6.07, 6.45) is 1.53. The number of amides is 3. The van der Waals surface area contributed by atoms with Gasteiger partial charge in [0.05, 0.1) is 0 Å². The second kappa shape index (κ2) is 7.78. The van der Waals surface area contributed by atoms with Crippen LogP contribution in [0.2, 0.25) is 0 Å². The van der Waals surface area contributed by atoms with Gasteiger partial charge in [0.25, 0.3) is 0 Å². The van der Waals surface area contributed by atoms with E-state index in [9.17, 15) is 14.0 Å². The molecule has 1 aromatic rings. The molecule has 5 nitrogen and oxygen atoms in total. The third kappa shape index (κ3) is 5.18. The summed E-state index contributed by atoms with van der Waals surface area (Å²) in [6, 6.07) is 2.92. The number of nitrogens with one attached hydrogen (secondary N) is 1. The molecule has 1 atom stereocenters. The molecule has 0 bridgehead atoms. The van der Waals surface area contributed by atoms with Crippen molar-refractivity contribution in [1.82, 2.24) is 10.2 Å². The molecule has 3 N–H and O–H groups in total. The van der Waals surface area contributed by atoms with Gasteiger partial charge in [-0.05, 0) is 25.1 Å². The Hall–Kier alpha value is -1.89. The second-order valence-electron chi connectivity index (χ2n) is 4.47. The van der Waals surface area contributed by atoms with Crippen LogP contribution in [0.25, 0.3) is 0 Å². The fraction of sp³-hybridized carbons (Fsp3) is 0.286. The molecule has 0 unspecified atom stereocenters. The molecule has 21 heavy (non-hydrogen) atoms. The number of halogens is 2. The van der Waals surface area contributed by atoms with Gasteiger partial charge in [0.1, 0.15) is 11.9 Å². The van der Waals surface area contributed by atoms with Crippen molar-refractivity contribution in [3.63, 3.8) is 0 Å². The zero-order valence-electron chi connectivity index (χ0n) is 11.6. The number of rotatable bonds is 6. The lowest BCUT2D eigenvalue weighted by molar-refractivity contribution is -0.132. The predicted octanol–water partition coefficient (Wildman–Crippen LogP) is 2.16. The van der Waals surface area contributed by atoms with Gasteiger partial charge >= 0.3 is 6.03 Å². The summed E-state index contributed by atoms with van der Waals surface area (Å²) in [5.41, 5.74) is 5.36. The number of nitrogens with zero attached hydrogens (tertiary/aromatic N) is 1. The van der Waals surface area contributed by atoms with E-state index >= 15 is 0 Å². The molecule has 0 saturated heterocycles. The van der Waals surface area contributed by atoms with E-state index in [1.807, 2.05) is 0 Å². The highest BCUT2D eigenvalue weighted by Crippen LogP contribution is 2.17. The topological polar surface area (TPSA) is 75.4 Å². The Morgan fingerprint density at radius 1 is 1.57 bits per heavy atom. The number of urea groups is 1. The highest BCUT2D eigenvalue weighted by molar-refractivity contribution is 9.10. The summed E-state index contributed by atoms with van der Waals surface area (Å²) in [6.45, 7) is 5.39. The average molecular weight is 358 g/mol. The van der Waals surface area contributed by atoms with Crippen molar-refractivity contribution in [3.05, 3.63) is 46.7 Å².